The minimum absolute atomic E-state index is 0.183. The number of anilines is 1. The van der Waals surface area contributed by atoms with Gasteiger partial charge in [0.1, 0.15) is 11.6 Å². The third-order valence-electron chi connectivity index (χ3n) is 5.48. The average molecular weight is 545 g/mol. The van der Waals surface area contributed by atoms with Gasteiger partial charge in [-0.25, -0.2) is 8.78 Å². The quantitative estimate of drug-likeness (QED) is 0.268. The molecule has 2 nitrogen and oxygen atoms in total. The normalized spacial score (nSPS) is 15.7. The molecule has 1 saturated heterocycles. The molecule has 12 heteroatoms. The van der Waals surface area contributed by atoms with Gasteiger partial charge in [-0.3, -0.25) is 4.90 Å². The first-order valence-corrected chi connectivity index (χ1v) is 12.6. The van der Waals surface area contributed by atoms with Crippen LogP contribution < -0.4 is 4.90 Å². The lowest BCUT2D eigenvalue weighted by Crippen LogP contribution is -2.46. The van der Waals surface area contributed by atoms with Gasteiger partial charge in [0.25, 0.3) is 0 Å². The Balaban J connectivity index is 1.65. The van der Waals surface area contributed by atoms with Crippen LogP contribution in [0.3, 0.4) is 0 Å². The van der Waals surface area contributed by atoms with Gasteiger partial charge in [0.15, 0.2) is 0 Å². The number of hydrogen-bond acceptors (Lipinski definition) is 4. The van der Waals surface area contributed by atoms with E-state index in [1.165, 1.54) is 24.3 Å². The van der Waals surface area contributed by atoms with E-state index in [0.29, 0.717) is 70.6 Å². The molecule has 1 aliphatic heterocycles. The number of rotatable bonds is 7. The van der Waals surface area contributed by atoms with E-state index in [4.69, 9.17) is 0 Å². The van der Waals surface area contributed by atoms with Crippen molar-refractivity contribution in [2.45, 2.75) is 42.5 Å². The van der Waals surface area contributed by atoms with Gasteiger partial charge in [0.05, 0.1) is 17.2 Å². The second kappa shape index (κ2) is 11.2. The molecule has 1 fully saturated rings. The van der Waals surface area contributed by atoms with Gasteiger partial charge in [0, 0.05) is 48.1 Å². The lowest BCUT2D eigenvalue weighted by Gasteiger charge is -2.36. The van der Waals surface area contributed by atoms with E-state index in [-0.39, 0.29) is 17.8 Å². The standard InChI is InChI=1S/C23H24F8N2S2/c1-14-7-17(24)16(9-20(14)34-12-22(26,27)28)11-32-3-5-33(6-4-32)19-10-21(15(2)8-18(19)25)35-13-23(29,30)31/h7-10H,3-6,11-13H2,1-2H3. The van der Waals surface area contributed by atoms with Crippen LogP contribution in [0.5, 0.6) is 0 Å². The van der Waals surface area contributed by atoms with Crippen LogP contribution >= 0.6 is 23.5 Å². The number of halogens is 8. The monoisotopic (exact) mass is 544 g/mol. The van der Waals surface area contributed by atoms with E-state index in [1.807, 2.05) is 4.90 Å². The minimum Gasteiger partial charge on any atom is -0.367 e. The summed E-state index contributed by atoms with van der Waals surface area (Å²) < 4.78 is 105. The maximum absolute atomic E-state index is 14.6. The Morgan fingerprint density at radius 2 is 1.20 bits per heavy atom. The molecule has 0 atom stereocenters. The third-order valence-corrected chi connectivity index (χ3v) is 7.92. The van der Waals surface area contributed by atoms with Gasteiger partial charge in [-0.1, -0.05) is 0 Å². The molecule has 194 valence electrons. The SMILES string of the molecule is Cc1cc(F)c(CN2CCN(c3cc(SCC(F)(F)F)c(C)cc3F)CC2)cc1SCC(F)(F)F. The summed E-state index contributed by atoms with van der Waals surface area (Å²) in [4.78, 5) is 4.36. The molecule has 0 aliphatic carbocycles. The summed E-state index contributed by atoms with van der Waals surface area (Å²) in [6, 6.07) is 5.33. The van der Waals surface area contributed by atoms with Gasteiger partial charge in [-0.15, -0.1) is 23.5 Å². The van der Waals surface area contributed by atoms with Crippen LogP contribution in [0.4, 0.5) is 40.8 Å². The predicted octanol–water partition coefficient (Wildman–Crippen LogP) is 7.21. The average Bonchev–Trinajstić information content (AvgIpc) is 2.73. The predicted molar refractivity (Wildman–Crippen MR) is 123 cm³/mol. The molecule has 0 spiro atoms. The zero-order valence-electron chi connectivity index (χ0n) is 19.0. The number of benzene rings is 2. The molecule has 0 bridgehead atoms. The molecule has 0 saturated carbocycles. The molecule has 0 aromatic heterocycles. The zero-order chi connectivity index (χ0) is 26.0. The summed E-state index contributed by atoms with van der Waals surface area (Å²) in [5.41, 5.74) is 1.35. The molecule has 2 aromatic rings. The molecule has 2 aromatic carbocycles. The maximum atomic E-state index is 14.6. The van der Waals surface area contributed by atoms with Crippen LogP contribution in [-0.4, -0.2) is 54.9 Å². The topological polar surface area (TPSA) is 6.48 Å². The van der Waals surface area contributed by atoms with Crippen LogP contribution in [0.1, 0.15) is 16.7 Å². The van der Waals surface area contributed by atoms with Gasteiger partial charge in [-0.2, -0.15) is 26.3 Å². The number of hydrogen-bond donors (Lipinski definition) is 0. The Kier molecular flexibility index (Phi) is 8.91. The number of piperazine rings is 1. The summed E-state index contributed by atoms with van der Waals surface area (Å²) in [6.45, 7) is 4.89. The highest BCUT2D eigenvalue weighted by molar-refractivity contribution is 7.99. The molecule has 0 amide bonds. The first-order valence-electron chi connectivity index (χ1n) is 10.7. The minimum atomic E-state index is -4.34. The first-order chi connectivity index (χ1) is 16.2. The van der Waals surface area contributed by atoms with Crippen LogP contribution in [-0.2, 0) is 6.54 Å². The Labute approximate surface area is 207 Å². The van der Waals surface area contributed by atoms with Gasteiger partial charge in [0.2, 0.25) is 0 Å². The summed E-state index contributed by atoms with van der Waals surface area (Å²) in [6.07, 6.45) is -8.67. The van der Waals surface area contributed by atoms with Crippen LogP contribution in [0, 0.1) is 25.5 Å². The van der Waals surface area contributed by atoms with Gasteiger partial charge in [-0.05, 0) is 49.2 Å². The molecule has 1 heterocycles. The fourth-order valence-electron chi connectivity index (χ4n) is 3.72. The first kappa shape index (κ1) is 27.9. The largest absolute Gasteiger partial charge is 0.398 e. The highest BCUT2D eigenvalue weighted by atomic mass is 32.2. The van der Waals surface area contributed by atoms with E-state index in [0.717, 1.165) is 0 Å². The lowest BCUT2D eigenvalue weighted by atomic mass is 10.1. The van der Waals surface area contributed by atoms with Gasteiger partial charge >= 0.3 is 12.4 Å². The molecular weight excluding hydrogens is 520 g/mol. The number of thioether (sulfide) groups is 2. The van der Waals surface area contributed by atoms with E-state index in [2.05, 4.69) is 0 Å². The van der Waals surface area contributed by atoms with E-state index >= 15 is 0 Å². The van der Waals surface area contributed by atoms with Crippen molar-refractivity contribution in [1.29, 1.82) is 0 Å². The Morgan fingerprint density at radius 3 is 1.71 bits per heavy atom. The summed E-state index contributed by atoms with van der Waals surface area (Å²) in [7, 11) is 0. The smallest absolute Gasteiger partial charge is 0.367 e. The molecule has 0 radical (unpaired) electrons. The van der Waals surface area contributed by atoms with Crippen molar-refractivity contribution in [2.75, 3.05) is 42.6 Å². The van der Waals surface area contributed by atoms with E-state index < -0.39 is 35.5 Å². The molecule has 0 N–H and O–H groups in total. The third kappa shape index (κ3) is 8.18. The highest BCUT2D eigenvalue weighted by Crippen LogP contribution is 2.35. The van der Waals surface area contributed by atoms with Crippen LogP contribution in [0.25, 0.3) is 0 Å². The molecule has 3 rings (SSSR count). The Hall–Kier alpha value is -1.66. The number of alkyl halides is 6. The van der Waals surface area contributed by atoms with E-state index in [1.54, 1.807) is 18.7 Å². The van der Waals surface area contributed by atoms with Crippen molar-refractivity contribution in [3.63, 3.8) is 0 Å². The highest BCUT2D eigenvalue weighted by Gasteiger charge is 2.29. The van der Waals surface area contributed by atoms with Crippen molar-refractivity contribution in [3.05, 3.63) is 52.6 Å². The van der Waals surface area contributed by atoms with Crippen molar-refractivity contribution in [1.82, 2.24) is 4.90 Å². The van der Waals surface area contributed by atoms with Crippen molar-refractivity contribution in [3.8, 4) is 0 Å². The molecule has 0 unspecified atom stereocenters. The Bertz CT molecular complexity index is 1030. The van der Waals surface area contributed by atoms with Crippen molar-refractivity contribution in [2.24, 2.45) is 0 Å². The Morgan fingerprint density at radius 1 is 0.714 bits per heavy atom. The summed E-state index contributed by atoms with van der Waals surface area (Å²) in [5, 5.41) is 0. The summed E-state index contributed by atoms with van der Waals surface area (Å²) in [5.74, 6) is -3.17. The second-order valence-corrected chi connectivity index (χ2v) is 10.4. The second-order valence-electron chi connectivity index (χ2n) is 8.35. The number of nitrogens with zero attached hydrogens (tertiary/aromatic N) is 2. The molecule has 1 aliphatic rings. The van der Waals surface area contributed by atoms with Crippen LogP contribution in [0.15, 0.2) is 34.1 Å². The van der Waals surface area contributed by atoms with Crippen molar-refractivity contribution >= 4 is 29.2 Å². The summed E-state index contributed by atoms with van der Waals surface area (Å²) >= 11 is 1.22. The molecular formula is C23H24F8N2S2. The fraction of sp³-hybridized carbons (Fsp3) is 0.478. The lowest BCUT2D eigenvalue weighted by molar-refractivity contribution is -0.106. The fourth-order valence-corrected chi connectivity index (χ4v) is 5.35. The van der Waals surface area contributed by atoms with Crippen molar-refractivity contribution < 1.29 is 35.1 Å². The molecule has 35 heavy (non-hydrogen) atoms. The van der Waals surface area contributed by atoms with E-state index in [9.17, 15) is 35.1 Å². The van der Waals surface area contributed by atoms with Gasteiger partial charge < -0.3 is 4.90 Å². The number of aryl methyl sites for hydroxylation is 2. The van der Waals surface area contributed by atoms with Crippen LogP contribution in [0.2, 0.25) is 0 Å². The maximum Gasteiger partial charge on any atom is 0.398 e. The zero-order valence-corrected chi connectivity index (χ0v) is 20.6.